The van der Waals surface area contributed by atoms with Gasteiger partial charge in [-0.25, -0.2) is 0 Å². The number of nitrogens with zero attached hydrogens (tertiary/aromatic N) is 2. The second kappa shape index (κ2) is 5.68. The second-order valence-electron chi connectivity index (χ2n) is 4.35. The lowest BCUT2D eigenvalue weighted by Crippen LogP contribution is -2.26. The molecular formula is C11H18N2O2S. The van der Waals surface area contributed by atoms with Crippen LogP contribution in [0.25, 0.3) is 0 Å². The van der Waals surface area contributed by atoms with Crippen molar-refractivity contribution in [2.45, 2.75) is 44.0 Å². The van der Waals surface area contributed by atoms with Crippen LogP contribution in [0.4, 0.5) is 0 Å². The number of aliphatic hydroxyl groups excluding tert-OH is 1. The normalized spacial score (nSPS) is 25.9. The molecule has 0 spiro atoms. The zero-order chi connectivity index (χ0) is 11.4. The molecule has 2 atom stereocenters. The molecule has 0 amide bonds. The summed E-state index contributed by atoms with van der Waals surface area (Å²) < 4.78 is 5.18. The van der Waals surface area contributed by atoms with Crippen molar-refractivity contribution in [3.63, 3.8) is 0 Å². The Morgan fingerprint density at radius 3 is 3.00 bits per heavy atom. The van der Waals surface area contributed by atoms with Gasteiger partial charge in [-0.1, -0.05) is 18.0 Å². The third kappa shape index (κ3) is 2.98. The van der Waals surface area contributed by atoms with Crippen LogP contribution in [-0.2, 0) is 12.2 Å². The number of aliphatic hydroxyl groups is 1. The van der Waals surface area contributed by atoms with Gasteiger partial charge in [0.25, 0.3) is 0 Å². The average Bonchev–Trinajstić information content (AvgIpc) is 2.70. The van der Waals surface area contributed by atoms with Crippen LogP contribution < -0.4 is 0 Å². The predicted octanol–water partition coefficient (Wildman–Crippen LogP) is 2.03. The molecule has 1 heterocycles. The highest BCUT2D eigenvalue weighted by molar-refractivity contribution is 7.97. The molecule has 1 saturated carbocycles. The Morgan fingerprint density at radius 2 is 2.25 bits per heavy atom. The Morgan fingerprint density at radius 1 is 1.44 bits per heavy atom. The van der Waals surface area contributed by atoms with Gasteiger partial charge >= 0.3 is 0 Å². The molecule has 1 fully saturated rings. The summed E-state index contributed by atoms with van der Waals surface area (Å²) in [7, 11) is 0. The summed E-state index contributed by atoms with van der Waals surface area (Å²) in [4.78, 5) is 4.32. The maximum atomic E-state index is 9.85. The fourth-order valence-electron chi connectivity index (χ4n) is 2.21. The molecule has 4 nitrogen and oxygen atoms in total. The van der Waals surface area contributed by atoms with Crippen LogP contribution in [0.5, 0.6) is 0 Å². The minimum Gasteiger partial charge on any atom is -0.393 e. The maximum absolute atomic E-state index is 9.85. The van der Waals surface area contributed by atoms with Crippen molar-refractivity contribution in [1.82, 2.24) is 10.1 Å². The highest BCUT2D eigenvalue weighted by atomic mass is 32.2. The summed E-state index contributed by atoms with van der Waals surface area (Å²) in [5.41, 5.74) is 0. The Labute approximate surface area is 99.8 Å². The van der Waals surface area contributed by atoms with E-state index in [-0.39, 0.29) is 6.10 Å². The van der Waals surface area contributed by atoms with Crippen molar-refractivity contribution in [2.75, 3.05) is 6.26 Å². The van der Waals surface area contributed by atoms with E-state index in [1.165, 1.54) is 6.42 Å². The van der Waals surface area contributed by atoms with E-state index in [0.29, 0.717) is 11.8 Å². The van der Waals surface area contributed by atoms with Crippen LogP contribution >= 0.6 is 11.8 Å². The largest absolute Gasteiger partial charge is 0.393 e. The van der Waals surface area contributed by atoms with Gasteiger partial charge in [-0.15, -0.1) is 0 Å². The summed E-state index contributed by atoms with van der Waals surface area (Å²) in [6.45, 7) is 0. The van der Waals surface area contributed by atoms with Gasteiger partial charge < -0.3 is 9.63 Å². The molecule has 1 aliphatic carbocycles. The van der Waals surface area contributed by atoms with Gasteiger partial charge in [0.2, 0.25) is 5.89 Å². The van der Waals surface area contributed by atoms with Crippen molar-refractivity contribution in [3.8, 4) is 0 Å². The fraction of sp³-hybridized carbons (Fsp3) is 0.818. The highest BCUT2D eigenvalue weighted by Gasteiger charge is 2.25. The van der Waals surface area contributed by atoms with Gasteiger partial charge in [-0.3, -0.25) is 0 Å². The molecule has 2 rings (SSSR count). The second-order valence-corrected chi connectivity index (χ2v) is 5.22. The SMILES string of the molecule is CSCc1noc(CC2CCCCC2O)n1. The molecule has 0 radical (unpaired) electrons. The van der Waals surface area contributed by atoms with E-state index in [2.05, 4.69) is 10.1 Å². The predicted molar refractivity (Wildman–Crippen MR) is 63.2 cm³/mol. The van der Waals surface area contributed by atoms with Crippen LogP contribution in [0.2, 0.25) is 0 Å². The first-order chi connectivity index (χ1) is 7.79. The third-order valence-corrected chi connectivity index (χ3v) is 3.64. The standard InChI is InChI=1S/C11H18N2O2S/c1-16-7-10-12-11(15-13-10)6-8-4-2-3-5-9(8)14/h8-9,14H,2-7H2,1H3. The Bertz CT molecular complexity index is 330. The summed E-state index contributed by atoms with van der Waals surface area (Å²) in [5.74, 6) is 2.52. The first kappa shape index (κ1) is 11.9. The van der Waals surface area contributed by atoms with Crippen LogP contribution in [-0.4, -0.2) is 27.6 Å². The third-order valence-electron chi connectivity index (χ3n) is 3.09. The van der Waals surface area contributed by atoms with E-state index < -0.39 is 0 Å². The average molecular weight is 242 g/mol. The molecule has 1 N–H and O–H groups in total. The van der Waals surface area contributed by atoms with Gasteiger partial charge in [0.15, 0.2) is 5.82 Å². The minimum absolute atomic E-state index is 0.190. The topological polar surface area (TPSA) is 59.2 Å². The molecule has 1 aromatic rings. The van der Waals surface area contributed by atoms with Gasteiger partial charge in [-0.2, -0.15) is 16.7 Å². The van der Waals surface area contributed by atoms with Crippen molar-refractivity contribution >= 4 is 11.8 Å². The molecule has 1 aliphatic rings. The molecule has 0 bridgehead atoms. The first-order valence-corrected chi connectivity index (χ1v) is 7.17. The Kier molecular flexibility index (Phi) is 4.23. The molecule has 0 aromatic carbocycles. The molecule has 0 saturated heterocycles. The molecule has 2 unspecified atom stereocenters. The molecule has 16 heavy (non-hydrogen) atoms. The fourth-order valence-corrected chi connectivity index (χ4v) is 2.59. The number of hydrogen-bond acceptors (Lipinski definition) is 5. The van der Waals surface area contributed by atoms with Crippen LogP contribution in [0.1, 0.15) is 37.4 Å². The minimum atomic E-state index is -0.190. The van der Waals surface area contributed by atoms with Crippen molar-refractivity contribution in [2.24, 2.45) is 5.92 Å². The Hall–Kier alpha value is -0.550. The quantitative estimate of drug-likeness (QED) is 0.875. The summed E-state index contributed by atoms with van der Waals surface area (Å²) >= 11 is 1.68. The number of rotatable bonds is 4. The summed E-state index contributed by atoms with van der Waals surface area (Å²) in [6.07, 6.45) is 6.87. The number of hydrogen-bond donors (Lipinski definition) is 1. The molecule has 90 valence electrons. The first-order valence-electron chi connectivity index (χ1n) is 5.78. The molecule has 0 aliphatic heterocycles. The Balaban J connectivity index is 1.91. The lowest BCUT2D eigenvalue weighted by molar-refractivity contribution is 0.0657. The van der Waals surface area contributed by atoms with Gasteiger partial charge in [0, 0.05) is 6.42 Å². The highest BCUT2D eigenvalue weighted by Crippen LogP contribution is 2.27. The van der Waals surface area contributed by atoms with Crippen LogP contribution in [0, 0.1) is 5.92 Å². The molecule has 5 heteroatoms. The van der Waals surface area contributed by atoms with Crippen LogP contribution in [0.15, 0.2) is 4.52 Å². The smallest absolute Gasteiger partial charge is 0.227 e. The number of thioether (sulfide) groups is 1. The number of aromatic nitrogens is 2. The van der Waals surface area contributed by atoms with E-state index >= 15 is 0 Å². The van der Waals surface area contributed by atoms with E-state index in [1.54, 1.807) is 11.8 Å². The monoisotopic (exact) mass is 242 g/mol. The van der Waals surface area contributed by atoms with E-state index in [4.69, 9.17) is 4.52 Å². The zero-order valence-electron chi connectivity index (χ0n) is 9.56. The van der Waals surface area contributed by atoms with E-state index in [0.717, 1.165) is 37.3 Å². The maximum Gasteiger partial charge on any atom is 0.227 e. The molecular weight excluding hydrogens is 224 g/mol. The van der Waals surface area contributed by atoms with Gasteiger partial charge in [0.1, 0.15) is 0 Å². The van der Waals surface area contributed by atoms with E-state index in [9.17, 15) is 5.11 Å². The van der Waals surface area contributed by atoms with Gasteiger partial charge in [0.05, 0.1) is 11.9 Å². The van der Waals surface area contributed by atoms with Crippen molar-refractivity contribution in [1.29, 1.82) is 0 Å². The summed E-state index contributed by atoms with van der Waals surface area (Å²) in [6, 6.07) is 0. The van der Waals surface area contributed by atoms with E-state index in [1.807, 2.05) is 6.26 Å². The summed E-state index contributed by atoms with van der Waals surface area (Å²) in [5, 5.41) is 13.8. The van der Waals surface area contributed by atoms with Crippen molar-refractivity contribution in [3.05, 3.63) is 11.7 Å². The lowest BCUT2D eigenvalue weighted by Gasteiger charge is -2.26. The van der Waals surface area contributed by atoms with Crippen molar-refractivity contribution < 1.29 is 9.63 Å². The molecule has 1 aromatic heterocycles. The van der Waals surface area contributed by atoms with Gasteiger partial charge in [-0.05, 0) is 25.0 Å². The lowest BCUT2D eigenvalue weighted by atomic mass is 9.84. The zero-order valence-corrected chi connectivity index (χ0v) is 10.4. The van der Waals surface area contributed by atoms with Crippen LogP contribution in [0.3, 0.4) is 0 Å².